The summed E-state index contributed by atoms with van der Waals surface area (Å²) in [5, 5.41) is 29.3. The van der Waals surface area contributed by atoms with E-state index in [1.165, 1.54) is 21.9 Å². The molecule has 0 aliphatic carbocycles. The minimum absolute atomic E-state index is 0.0393. The molecule has 0 saturated carbocycles. The van der Waals surface area contributed by atoms with Crippen LogP contribution in [0.25, 0.3) is 6.08 Å². The second-order valence-corrected chi connectivity index (χ2v) is 7.83. The van der Waals surface area contributed by atoms with Gasteiger partial charge in [0, 0.05) is 38.8 Å². The van der Waals surface area contributed by atoms with E-state index in [1.54, 1.807) is 13.1 Å². The van der Waals surface area contributed by atoms with Crippen LogP contribution in [0.2, 0.25) is 0 Å². The summed E-state index contributed by atoms with van der Waals surface area (Å²) in [6.07, 6.45) is 4.24. The second-order valence-electron chi connectivity index (χ2n) is 7.83. The molecular weight excluding hydrogens is 412 g/mol. The van der Waals surface area contributed by atoms with E-state index in [1.807, 2.05) is 19.1 Å². The molecule has 0 aromatic heterocycles. The third-order valence-corrected chi connectivity index (χ3v) is 5.43. The number of aromatic hydroxyl groups is 2. The van der Waals surface area contributed by atoms with Gasteiger partial charge in [0.05, 0.1) is 11.1 Å². The summed E-state index contributed by atoms with van der Waals surface area (Å²) in [6, 6.07) is 7.68. The maximum absolute atomic E-state index is 13.1. The Balaban J connectivity index is 1.83. The third kappa shape index (κ3) is 4.91. The number of unbranched alkanes of at least 4 members (excludes halogenated alkanes) is 1. The van der Waals surface area contributed by atoms with Gasteiger partial charge in [-0.2, -0.15) is 0 Å². The molecule has 0 atom stereocenters. The van der Waals surface area contributed by atoms with Gasteiger partial charge in [-0.25, -0.2) is 4.79 Å². The Bertz CT molecular complexity index is 1090. The van der Waals surface area contributed by atoms with Crippen LogP contribution >= 0.6 is 0 Å². The van der Waals surface area contributed by atoms with E-state index in [0.717, 1.165) is 36.1 Å². The van der Waals surface area contributed by atoms with Crippen LogP contribution in [0.1, 0.15) is 57.2 Å². The number of fused-ring (bicyclic) bond motifs is 1. The van der Waals surface area contributed by atoms with Crippen molar-refractivity contribution in [1.29, 1.82) is 0 Å². The lowest BCUT2D eigenvalue weighted by molar-refractivity contribution is -0.131. The number of benzene rings is 2. The fourth-order valence-electron chi connectivity index (χ4n) is 3.62. The van der Waals surface area contributed by atoms with Gasteiger partial charge in [-0.3, -0.25) is 9.59 Å². The SMILES string of the molecule is CCCCN(C)C(=O)c1cc(C(=O)N2Cc3ccc(/C=C/C(=O)O)cc3C2)c(O)cc1O. The molecule has 8 nitrogen and oxygen atoms in total. The highest BCUT2D eigenvalue weighted by Gasteiger charge is 2.28. The van der Waals surface area contributed by atoms with Gasteiger partial charge in [-0.1, -0.05) is 25.5 Å². The molecule has 0 unspecified atom stereocenters. The van der Waals surface area contributed by atoms with Gasteiger partial charge in [0.15, 0.2) is 0 Å². The van der Waals surface area contributed by atoms with Crippen molar-refractivity contribution in [3.8, 4) is 11.5 Å². The molecule has 1 aliphatic heterocycles. The predicted molar refractivity (Wildman–Crippen MR) is 118 cm³/mol. The predicted octanol–water partition coefficient (Wildman–Crippen LogP) is 3.22. The van der Waals surface area contributed by atoms with E-state index >= 15 is 0 Å². The lowest BCUT2D eigenvalue weighted by atomic mass is 10.1. The van der Waals surface area contributed by atoms with Gasteiger partial charge < -0.3 is 25.1 Å². The Labute approximate surface area is 186 Å². The number of phenolic OH excluding ortho intramolecular Hbond substituents is 2. The van der Waals surface area contributed by atoms with Crippen molar-refractivity contribution in [2.45, 2.75) is 32.9 Å². The van der Waals surface area contributed by atoms with Crippen LogP contribution in [0, 0.1) is 0 Å². The maximum atomic E-state index is 13.1. The fraction of sp³-hybridized carbons (Fsp3) is 0.292. The molecule has 1 heterocycles. The number of carbonyl (C=O) groups is 3. The third-order valence-electron chi connectivity index (χ3n) is 5.43. The number of amides is 2. The summed E-state index contributed by atoms with van der Waals surface area (Å²) in [5.74, 6) is -2.72. The molecule has 0 fully saturated rings. The number of rotatable bonds is 7. The van der Waals surface area contributed by atoms with Crippen molar-refractivity contribution in [1.82, 2.24) is 9.80 Å². The lowest BCUT2D eigenvalue weighted by Crippen LogP contribution is -2.29. The van der Waals surface area contributed by atoms with Crippen molar-refractivity contribution in [2.24, 2.45) is 0 Å². The maximum Gasteiger partial charge on any atom is 0.328 e. The molecule has 0 radical (unpaired) electrons. The fourth-order valence-corrected chi connectivity index (χ4v) is 3.62. The number of phenols is 2. The molecule has 2 amide bonds. The molecule has 0 spiro atoms. The average Bonchev–Trinajstić information content (AvgIpc) is 3.18. The molecule has 1 aliphatic rings. The van der Waals surface area contributed by atoms with Crippen LogP contribution in [0.4, 0.5) is 0 Å². The molecule has 0 saturated heterocycles. The van der Waals surface area contributed by atoms with E-state index in [2.05, 4.69) is 0 Å². The first-order valence-corrected chi connectivity index (χ1v) is 10.3. The first-order valence-electron chi connectivity index (χ1n) is 10.3. The van der Waals surface area contributed by atoms with Gasteiger partial charge in [-0.05, 0) is 41.3 Å². The molecule has 3 N–H and O–H groups in total. The van der Waals surface area contributed by atoms with Crippen molar-refractivity contribution in [2.75, 3.05) is 13.6 Å². The number of aliphatic carboxylic acids is 1. The largest absolute Gasteiger partial charge is 0.507 e. The second kappa shape index (κ2) is 9.55. The highest BCUT2D eigenvalue weighted by atomic mass is 16.4. The van der Waals surface area contributed by atoms with Crippen molar-refractivity contribution < 1.29 is 29.7 Å². The van der Waals surface area contributed by atoms with E-state index < -0.39 is 23.5 Å². The zero-order valence-corrected chi connectivity index (χ0v) is 18.0. The Morgan fingerprint density at radius 2 is 1.72 bits per heavy atom. The molecule has 168 valence electrons. The number of carbonyl (C=O) groups excluding carboxylic acids is 2. The Morgan fingerprint density at radius 1 is 1.03 bits per heavy atom. The molecule has 8 heteroatoms. The Kier molecular flexibility index (Phi) is 6.82. The smallest absolute Gasteiger partial charge is 0.328 e. The minimum atomic E-state index is -1.05. The summed E-state index contributed by atoms with van der Waals surface area (Å²) in [4.78, 5) is 39.6. The Hall–Kier alpha value is -3.81. The van der Waals surface area contributed by atoms with Crippen molar-refractivity contribution >= 4 is 23.9 Å². The number of hydrogen-bond donors (Lipinski definition) is 3. The van der Waals surface area contributed by atoms with Gasteiger partial charge in [0.1, 0.15) is 11.5 Å². The van der Waals surface area contributed by atoms with Gasteiger partial charge in [-0.15, -0.1) is 0 Å². The number of carboxylic acid groups (broad SMARTS) is 1. The minimum Gasteiger partial charge on any atom is -0.507 e. The Morgan fingerprint density at radius 3 is 2.41 bits per heavy atom. The number of carboxylic acids is 1. The van der Waals surface area contributed by atoms with Crippen LogP contribution in [-0.2, 0) is 17.9 Å². The van der Waals surface area contributed by atoms with E-state index in [0.29, 0.717) is 18.7 Å². The summed E-state index contributed by atoms with van der Waals surface area (Å²) in [6.45, 7) is 3.12. The number of hydrogen-bond acceptors (Lipinski definition) is 5. The summed E-state index contributed by atoms with van der Waals surface area (Å²) in [5.41, 5.74) is 2.40. The van der Waals surface area contributed by atoms with Crippen LogP contribution in [0.3, 0.4) is 0 Å². The van der Waals surface area contributed by atoms with Crippen LogP contribution in [0.5, 0.6) is 11.5 Å². The van der Waals surface area contributed by atoms with Gasteiger partial charge in [0.2, 0.25) is 0 Å². The molecular formula is C24H26N2O6. The lowest BCUT2D eigenvalue weighted by Gasteiger charge is -2.20. The van der Waals surface area contributed by atoms with E-state index in [-0.39, 0.29) is 23.4 Å². The topological polar surface area (TPSA) is 118 Å². The monoisotopic (exact) mass is 438 g/mol. The van der Waals surface area contributed by atoms with Gasteiger partial charge in [0.25, 0.3) is 11.8 Å². The zero-order valence-electron chi connectivity index (χ0n) is 18.0. The molecule has 2 aromatic rings. The molecule has 3 rings (SSSR count). The van der Waals surface area contributed by atoms with Crippen LogP contribution < -0.4 is 0 Å². The van der Waals surface area contributed by atoms with Crippen LogP contribution in [0.15, 0.2) is 36.4 Å². The zero-order chi connectivity index (χ0) is 23.4. The quantitative estimate of drug-likeness (QED) is 0.571. The standard InChI is InChI=1S/C24H26N2O6/c1-3-4-9-25(2)23(31)18-11-19(21(28)12-20(18)27)24(32)26-13-16-7-5-15(6-8-22(29)30)10-17(16)14-26/h5-8,10-12,27-28H,3-4,9,13-14H2,1-2H3,(H,29,30)/b8-6+. The normalized spacial score (nSPS) is 12.8. The van der Waals surface area contributed by atoms with Gasteiger partial charge >= 0.3 is 5.97 Å². The first kappa shape index (κ1) is 22.9. The van der Waals surface area contributed by atoms with Crippen molar-refractivity contribution in [3.05, 3.63) is 64.2 Å². The molecule has 0 bridgehead atoms. The summed E-state index contributed by atoms with van der Waals surface area (Å²) >= 11 is 0. The summed E-state index contributed by atoms with van der Waals surface area (Å²) < 4.78 is 0. The number of nitrogens with zero attached hydrogens (tertiary/aromatic N) is 2. The summed E-state index contributed by atoms with van der Waals surface area (Å²) in [7, 11) is 1.62. The highest BCUT2D eigenvalue weighted by Crippen LogP contribution is 2.32. The average molecular weight is 438 g/mol. The van der Waals surface area contributed by atoms with E-state index in [9.17, 15) is 24.6 Å². The van der Waals surface area contributed by atoms with Crippen molar-refractivity contribution in [3.63, 3.8) is 0 Å². The molecule has 32 heavy (non-hydrogen) atoms. The first-order chi connectivity index (χ1) is 15.2. The molecule has 2 aromatic carbocycles. The van der Waals surface area contributed by atoms with E-state index in [4.69, 9.17) is 5.11 Å². The highest BCUT2D eigenvalue weighted by molar-refractivity contribution is 6.03. The van der Waals surface area contributed by atoms with Crippen LogP contribution in [-0.4, -0.2) is 56.5 Å².